The number of hydrogen-bond acceptors (Lipinski definition) is 5. The predicted octanol–water partition coefficient (Wildman–Crippen LogP) is 1.03. The molecule has 0 bridgehead atoms. The molecule has 1 unspecified atom stereocenters. The quantitative estimate of drug-likeness (QED) is 0.851. The Hall–Kier alpha value is -0.470. The van der Waals surface area contributed by atoms with Crippen molar-refractivity contribution in [2.75, 3.05) is 13.1 Å². The van der Waals surface area contributed by atoms with Crippen LogP contribution in [0.4, 0.5) is 0 Å². The maximum absolute atomic E-state index is 12.4. The number of thiophene rings is 1. The van der Waals surface area contributed by atoms with Crippen molar-refractivity contribution in [2.45, 2.75) is 49.0 Å². The summed E-state index contributed by atoms with van der Waals surface area (Å²) in [5.41, 5.74) is 6.58. The van der Waals surface area contributed by atoms with E-state index < -0.39 is 10.0 Å². The lowest BCUT2D eigenvalue weighted by molar-refractivity contribution is 0.322. The minimum absolute atomic E-state index is 0.0457. The number of nitrogens with two attached hydrogens (primary N) is 1. The summed E-state index contributed by atoms with van der Waals surface area (Å²) in [5, 5.41) is 0. The highest BCUT2D eigenvalue weighted by atomic mass is 32.2. The molecule has 1 aliphatic carbocycles. The van der Waals surface area contributed by atoms with Crippen LogP contribution in [0.15, 0.2) is 10.3 Å². The van der Waals surface area contributed by atoms with E-state index in [9.17, 15) is 8.42 Å². The summed E-state index contributed by atoms with van der Waals surface area (Å²) in [5.74, 6) is 0. The first-order chi connectivity index (χ1) is 9.49. The van der Waals surface area contributed by atoms with Gasteiger partial charge in [-0.2, -0.15) is 0 Å². The topological polar surface area (TPSA) is 75.4 Å². The maximum atomic E-state index is 12.4. The van der Waals surface area contributed by atoms with Crippen molar-refractivity contribution in [3.05, 3.63) is 16.5 Å². The molecular weight excluding hydrogens is 294 g/mol. The van der Waals surface area contributed by atoms with E-state index >= 15 is 0 Å². The molecule has 2 aliphatic rings. The van der Waals surface area contributed by atoms with Gasteiger partial charge in [0.2, 0.25) is 10.0 Å². The van der Waals surface area contributed by atoms with Gasteiger partial charge in [-0.1, -0.05) is 0 Å². The second kappa shape index (κ2) is 5.38. The summed E-state index contributed by atoms with van der Waals surface area (Å²) in [6.07, 6.45) is 3.44. The first kappa shape index (κ1) is 14.5. The molecule has 1 saturated heterocycles. The Morgan fingerprint density at radius 2 is 2.20 bits per heavy atom. The second-order valence-electron chi connectivity index (χ2n) is 5.71. The highest BCUT2D eigenvalue weighted by Gasteiger charge is 2.36. The molecule has 1 aromatic heterocycles. The average Bonchev–Trinajstić information content (AvgIpc) is 3.02. The van der Waals surface area contributed by atoms with Gasteiger partial charge in [0.05, 0.1) is 0 Å². The molecule has 1 aliphatic heterocycles. The molecule has 0 aromatic carbocycles. The molecule has 1 saturated carbocycles. The van der Waals surface area contributed by atoms with E-state index in [-0.39, 0.29) is 6.04 Å². The Morgan fingerprint density at radius 1 is 1.45 bits per heavy atom. The zero-order valence-electron chi connectivity index (χ0n) is 11.6. The smallest absolute Gasteiger partial charge is 0.250 e. The van der Waals surface area contributed by atoms with Crippen molar-refractivity contribution >= 4 is 21.4 Å². The standard InChI is InChI=1S/C13H21N3O2S2/c1-9-6-13(19-12(9)7-14)20(17,18)15-10-4-5-16(8-10)11-2-3-11/h6,10-11,15H,2-5,7-8,14H2,1H3. The van der Waals surface area contributed by atoms with Gasteiger partial charge in [-0.15, -0.1) is 11.3 Å². The minimum Gasteiger partial charge on any atom is -0.326 e. The fourth-order valence-electron chi connectivity index (χ4n) is 2.76. The Labute approximate surface area is 124 Å². The molecule has 3 rings (SSSR count). The molecule has 2 fully saturated rings. The van der Waals surface area contributed by atoms with Crippen molar-refractivity contribution in [3.63, 3.8) is 0 Å². The molecule has 112 valence electrons. The number of rotatable bonds is 5. The van der Waals surface area contributed by atoms with Crippen LogP contribution in [-0.2, 0) is 16.6 Å². The van der Waals surface area contributed by atoms with E-state index in [1.165, 1.54) is 24.2 Å². The van der Waals surface area contributed by atoms with Crippen LogP contribution in [0.2, 0.25) is 0 Å². The van der Waals surface area contributed by atoms with Crippen LogP contribution in [0.25, 0.3) is 0 Å². The molecule has 7 heteroatoms. The lowest BCUT2D eigenvalue weighted by Gasteiger charge is -2.15. The van der Waals surface area contributed by atoms with Crippen molar-refractivity contribution in [1.29, 1.82) is 0 Å². The molecule has 2 heterocycles. The first-order valence-corrected chi connectivity index (χ1v) is 9.35. The number of likely N-dealkylation sites (tertiary alicyclic amines) is 1. The summed E-state index contributed by atoms with van der Waals surface area (Å²) in [7, 11) is -3.40. The summed E-state index contributed by atoms with van der Waals surface area (Å²) in [6.45, 7) is 4.15. The normalized spacial score (nSPS) is 24.4. The van der Waals surface area contributed by atoms with Crippen LogP contribution in [0.3, 0.4) is 0 Å². The molecule has 0 spiro atoms. The van der Waals surface area contributed by atoms with E-state index in [0.717, 1.165) is 30.0 Å². The van der Waals surface area contributed by atoms with Gasteiger partial charge in [-0.25, -0.2) is 13.1 Å². The first-order valence-electron chi connectivity index (χ1n) is 7.05. The van der Waals surface area contributed by atoms with Gasteiger partial charge in [0, 0.05) is 36.6 Å². The number of aryl methyl sites for hydroxylation is 1. The summed E-state index contributed by atoms with van der Waals surface area (Å²) >= 11 is 1.28. The van der Waals surface area contributed by atoms with Gasteiger partial charge in [0.15, 0.2) is 0 Å². The Morgan fingerprint density at radius 3 is 2.80 bits per heavy atom. The van der Waals surface area contributed by atoms with Gasteiger partial charge in [-0.3, -0.25) is 4.90 Å². The summed E-state index contributed by atoms with van der Waals surface area (Å²) in [4.78, 5) is 3.34. The number of hydrogen-bond donors (Lipinski definition) is 2. The van der Waals surface area contributed by atoms with Crippen LogP contribution in [0.5, 0.6) is 0 Å². The molecular formula is C13H21N3O2S2. The summed E-state index contributed by atoms with van der Waals surface area (Å²) < 4.78 is 28.0. The predicted molar refractivity (Wildman–Crippen MR) is 80.3 cm³/mol. The van der Waals surface area contributed by atoms with E-state index in [1.54, 1.807) is 6.07 Å². The minimum atomic E-state index is -3.40. The van der Waals surface area contributed by atoms with Crippen LogP contribution in [0.1, 0.15) is 29.7 Å². The molecule has 0 amide bonds. The van der Waals surface area contributed by atoms with Crippen LogP contribution >= 0.6 is 11.3 Å². The van der Waals surface area contributed by atoms with E-state index in [4.69, 9.17) is 5.73 Å². The molecule has 5 nitrogen and oxygen atoms in total. The molecule has 20 heavy (non-hydrogen) atoms. The third-order valence-electron chi connectivity index (χ3n) is 4.05. The zero-order chi connectivity index (χ0) is 14.3. The van der Waals surface area contributed by atoms with Crippen molar-refractivity contribution in [1.82, 2.24) is 9.62 Å². The van der Waals surface area contributed by atoms with Crippen molar-refractivity contribution in [2.24, 2.45) is 5.73 Å². The van der Waals surface area contributed by atoms with Gasteiger partial charge in [0.25, 0.3) is 0 Å². The highest BCUT2D eigenvalue weighted by molar-refractivity contribution is 7.91. The van der Waals surface area contributed by atoms with Gasteiger partial charge < -0.3 is 5.73 Å². The molecule has 3 N–H and O–H groups in total. The Bertz CT molecular complexity index is 593. The third-order valence-corrected chi connectivity index (χ3v) is 7.31. The van der Waals surface area contributed by atoms with E-state index in [2.05, 4.69) is 9.62 Å². The lowest BCUT2D eigenvalue weighted by Crippen LogP contribution is -2.37. The average molecular weight is 315 g/mol. The molecule has 1 aromatic rings. The number of nitrogens with zero attached hydrogens (tertiary/aromatic N) is 1. The van der Waals surface area contributed by atoms with Gasteiger partial charge >= 0.3 is 0 Å². The second-order valence-corrected chi connectivity index (χ2v) is 8.79. The molecule has 1 atom stereocenters. The maximum Gasteiger partial charge on any atom is 0.250 e. The fraction of sp³-hybridized carbons (Fsp3) is 0.692. The number of sulfonamides is 1. The highest BCUT2D eigenvalue weighted by Crippen LogP contribution is 2.31. The SMILES string of the molecule is Cc1cc(S(=O)(=O)NC2CCN(C3CC3)C2)sc1CN. The Kier molecular flexibility index (Phi) is 3.89. The van der Waals surface area contributed by atoms with Crippen LogP contribution in [0, 0.1) is 6.92 Å². The van der Waals surface area contributed by atoms with Crippen molar-refractivity contribution in [3.8, 4) is 0 Å². The monoisotopic (exact) mass is 315 g/mol. The van der Waals surface area contributed by atoms with E-state index in [0.29, 0.717) is 16.8 Å². The Balaban J connectivity index is 1.68. The van der Waals surface area contributed by atoms with Crippen molar-refractivity contribution < 1.29 is 8.42 Å². The van der Waals surface area contributed by atoms with Crippen LogP contribution < -0.4 is 10.5 Å². The zero-order valence-corrected chi connectivity index (χ0v) is 13.3. The van der Waals surface area contributed by atoms with Crippen LogP contribution in [-0.4, -0.2) is 38.5 Å². The third kappa shape index (κ3) is 2.92. The van der Waals surface area contributed by atoms with Gasteiger partial charge in [0.1, 0.15) is 4.21 Å². The van der Waals surface area contributed by atoms with Gasteiger partial charge in [-0.05, 0) is 37.8 Å². The molecule has 0 radical (unpaired) electrons. The summed E-state index contributed by atoms with van der Waals surface area (Å²) in [6, 6.07) is 2.48. The largest absolute Gasteiger partial charge is 0.326 e. The van der Waals surface area contributed by atoms with E-state index in [1.807, 2.05) is 6.92 Å². The number of nitrogens with one attached hydrogen (secondary N) is 1. The fourth-order valence-corrected chi connectivity index (χ4v) is 5.50. The lowest BCUT2D eigenvalue weighted by atomic mass is 10.3.